The molecule has 0 saturated carbocycles. The molecule has 0 aliphatic heterocycles. The van der Waals surface area contributed by atoms with E-state index in [4.69, 9.17) is 16.6 Å². The maximum atomic E-state index is 13.3. The Kier molecular flexibility index (Phi) is 3.54. The molecule has 1 aromatic rings. The van der Waals surface area contributed by atoms with E-state index in [2.05, 4.69) is 10.2 Å². The molecule has 6 nitrogen and oxygen atoms in total. The summed E-state index contributed by atoms with van der Waals surface area (Å²) < 4.78 is 13.3. The van der Waals surface area contributed by atoms with E-state index < -0.39 is 11.8 Å². The van der Waals surface area contributed by atoms with Gasteiger partial charge in [-0.3, -0.25) is 0 Å². The van der Waals surface area contributed by atoms with E-state index in [0.29, 0.717) is 0 Å². The zero-order valence-electron chi connectivity index (χ0n) is 8.09. The standard InChI is InChI=1S/C9H9FN4O2/c10-7-3-1-2-5(8(15)16)6(7)4-13-14-9(11)12/h1-4H,(H,15,16)(H4,11,12,14). The van der Waals surface area contributed by atoms with Crippen LogP contribution in [0.5, 0.6) is 0 Å². The minimum atomic E-state index is -1.26. The van der Waals surface area contributed by atoms with Crippen molar-refractivity contribution >= 4 is 18.1 Å². The molecule has 0 heterocycles. The fourth-order valence-corrected chi connectivity index (χ4v) is 1.01. The molecular weight excluding hydrogens is 215 g/mol. The third-order valence-corrected chi connectivity index (χ3v) is 1.64. The van der Waals surface area contributed by atoms with Crippen LogP contribution >= 0.6 is 0 Å². The van der Waals surface area contributed by atoms with Gasteiger partial charge in [0.25, 0.3) is 0 Å². The molecule has 1 aromatic carbocycles. The third kappa shape index (κ3) is 2.77. The van der Waals surface area contributed by atoms with Gasteiger partial charge in [-0.2, -0.15) is 5.10 Å². The fraction of sp³-hybridized carbons (Fsp3) is 0. The van der Waals surface area contributed by atoms with Crippen LogP contribution < -0.4 is 11.5 Å². The molecule has 0 spiro atoms. The van der Waals surface area contributed by atoms with E-state index >= 15 is 0 Å². The molecule has 0 aliphatic carbocycles. The van der Waals surface area contributed by atoms with Crippen LogP contribution in [0, 0.1) is 5.82 Å². The number of rotatable bonds is 3. The van der Waals surface area contributed by atoms with Gasteiger partial charge in [-0.1, -0.05) is 6.07 Å². The summed E-state index contributed by atoms with van der Waals surface area (Å²) in [6.45, 7) is 0. The molecule has 84 valence electrons. The van der Waals surface area contributed by atoms with E-state index in [1.54, 1.807) is 0 Å². The first kappa shape index (κ1) is 11.6. The number of nitrogens with two attached hydrogens (primary N) is 2. The van der Waals surface area contributed by atoms with Crippen molar-refractivity contribution in [2.24, 2.45) is 21.7 Å². The molecule has 0 bridgehead atoms. The highest BCUT2D eigenvalue weighted by atomic mass is 19.1. The van der Waals surface area contributed by atoms with E-state index in [9.17, 15) is 9.18 Å². The first-order valence-electron chi connectivity index (χ1n) is 4.16. The van der Waals surface area contributed by atoms with Gasteiger partial charge in [-0.25, -0.2) is 9.18 Å². The number of benzene rings is 1. The van der Waals surface area contributed by atoms with Gasteiger partial charge < -0.3 is 16.6 Å². The number of aromatic carboxylic acids is 1. The fourth-order valence-electron chi connectivity index (χ4n) is 1.01. The Labute approximate surface area is 90.1 Å². The van der Waals surface area contributed by atoms with Crippen molar-refractivity contribution in [3.8, 4) is 0 Å². The lowest BCUT2D eigenvalue weighted by Crippen LogP contribution is -2.21. The Balaban J connectivity index is 3.16. The van der Waals surface area contributed by atoms with Crippen LogP contribution in [0.25, 0.3) is 0 Å². The van der Waals surface area contributed by atoms with Crippen molar-refractivity contribution in [2.45, 2.75) is 0 Å². The average Bonchev–Trinajstić information content (AvgIpc) is 2.19. The predicted molar refractivity (Wildman–Crippen MR) is 56.8 cm³/mol. The molecule has 0 unspecified atom stereocenters. The highest BCUT2D eigenvalue weighted by Gasteiger charge is 2.11. The SMILES string of the molecule is NC(N)=NN=Cc1c(F)cccc1C(=O)O. The number of guanidine groups is 1. The number of hydrogen-bond donors (Lipinski definition) is 3. The van der Waals surface area contributed by atoms with Crippen molar-refractivity contribution in [1.29, 1.82) is 0 Å². The van der Waals surface area contributed by atoms with Crippen LogP contribution in [-0.4, -0.2) is 23.2 Å². The molecule has 0 fully saturated rings. The lowest BCUT2D eigenvalue weighted by Gasteiger charge is -2.00. The van der Waals surface area contributed by atoms with Crippen molar-refractivity contribution in [3.05, 3.63) is 35.1 Å². The van der Waals surface area contributed by atoms with Gasteiger partial charge in [0.15, 0.2) is 0 Å². The first-order valence-corrected chi connectivity index (χ1v) is 4.16. The molecule has 0 atom stereocenters. The third-order valence-electron chi connectivity index (χ3n) is 1.64. The summed E-state index contributed by atoms with van der Waals surface area (Å²) in [7, 11) is 0. The predicted octanol–water partition coefficient (Wildman–Crippen LogP) is 0.131. The van der Waals surface area contributed by atoms with Crippen molar-refractivity contribution < 1.29 is 14.3 Å². The van der Waals surface area contributed by atoms with Gasteiger partial charge in [-0.15, -0.1) is 5.10 Å². The van der Waals surface area contributed by atoms with Gasteiger partial charge in [0.2, 0.25) is 5.96 Å². The van der Waals surface area contributed by atoms with Gasteiger partial charge in [0.05, 0.1) is 11.8 Å². The zero-order valence-corrected chi connectivity index (χ0v) is 8.09. The molecule has 0 radical (unpaired) electrons. The molecule has 0 amide bonds. The van der Waals surface area contributed by atoms with Crippen molar-refractivity contribution in [1.82, 2.24) is 0 Å². The van der Waals surface area contributed by atoms with Gasteiger partial charge in [0, 0.05) is 5.56 Å². The number of nitrogens with zero attached hydrogens (tertiary/aromatic N) is 2. The minimum Gasteiger partial charge on any atom is -0.478 e. The zero-order chi connectivity index (χ0) is 12.1. The first-order chi connectivity index (χ1) is 7.52. The quantitative estimate of drug-likeness (QED) is 0.384. The minimum absolute atomic E-state index is 0.181. The summed E-state index contributed by atoms with van der Waals surface area (Å²) in [6.07, 6.45) is 0.943. The summed E-state index contributed by atoms with van der Waals surface area (Å²) in [5, 5.41) is 15.4. The van der Waals surface area contributed by atoms with Gasteiger partial charge in [0.1, 0.15) is 5.82 Å². The Morgan fingerprint density at radius 1 is 1.44 bits per heavy atom. The summed E-state index contributed by atoms with van der Waals surface area (Å²) >= 11 is 0. The van der Waals surface area contributed by atoms with Crippen LogP contribution in [0.3, 0.4) is 0 Å². The molecule has 0 aliphatic rings. The second-order valence-electron chi connectivity index (χ2n) is 2.78. The topological polar surface area (TPSA) is 114 Å². The number of carbonyl (C=O) groups is 1. The average molecular weight is 224 g/mol. The molecule has 0 saturated heterocycles. The van der Waals surface area contributed by atoms with E-state index in [1.807, 2.05) is 0 Å². The van der Waals surface area contributed by atoms with E-state index in [-0.39, 0.29) is 17.1 Å². The lowest BCUT2D eigenvalue weighted by atomic mass is 10.1. The second kappa shape index (κ2) is 4.87. The largest absolute Gasteiger partial charge is 0.478 e. The summed E-state index contributed by atoms with van der Waals surface area (Å²) in [5.41, 5.74) is 9.60. The smallest absolute Gasteiger partial charge is 0.336 e. The Bertz CT molecular complexity index is 467. The van der Waals surface area contributed by atoms with Crippen LogP contribution in [0.1, 0.15) is 15.9 Å². The monoisotopic (exact) mass is 224 g/mol. The summed E-state index contributed by atoms with van der Waals surface area (Å²) in [6, 6.07) is 3.66. The summed E-state index contributed by atoms with van der Waals surface area (Å²) in [4.78, 5) is 10.8. The molecular formula is C9H9FN4O2. The Morgan fingerprint density at radius 3 is 2.69 bits per heavy atom. The molecule has 5 N–H and O–H groups in total. The Hall–Kier alpha value is -2.44. The highest BCUT2D eigenvalue weighted by Crippen LogP contribution is 2.11. The normalized spacial score (nSPS) is 10.3. The highest BCUT2D eigenvalue weighted by molar-refractivity contribution is 5.98. The van der Waals surface area contributed by atoms with Gasteiger partial charge in [-0.05, 0) is 12.1 Å². The second-order valence-corrected chi connectivity index (χ2v) is 2.78. The molecule has 1 rings (SSSR count). The number of halogens is 1. The van der Waals surface area contributed by atoms with Crippen LogP contribution in [0.2, 0.25) is 0 Å². The van der Waals surface area contributed by atoms with Crippen molar-refractivity contribution in [2.75, 3.05) is 0 Å². The van der Waals surface area contributed by atoms with E-state index in [0.717, 1.165) is 12.3 Å². The van der Waals surface area contributed by atoms with Gasteiger partial charge >= 0.3 is 5.97 Å². The van der Waals surface area contributed by atoms with Crippen molar-refractivity contribution in [3.63, 3.8) is 0 Å². The van der Waals surface area contributed by atoms with Crippen LogP contribution in [-0.2, 0) is 0 Å². The van der Waals surface area contributed by atoms with E-state index in [1.165, 1.54) is 12.1 Å². The van der Waals surface area contributed by atoms with Crippen LogP contribution in [0.15, 0.2) is 28.4 Å². The van der Waals surface area contributed by atoms with Crippen LogP contribution in [0.4, 0.5) is 4.39 Å². The molecule has 0 aromatic heterocycles. The Morgan fingerprint density at radius 2 is 2.12 bits per heavy atom. The number of carboxylic acids is 1. The molecule has 16 heavy (non-hydrogen) atoms. The number of hydrogen-bond acceptors (Lipinski definition) is 3. The molecule has 7 heteroatoms. The summed E-state index contributed by atoms with van der Waals surface area (Å²) in [5.74, 6) is -2.27. The maximum absolute atomic E-state index is 13.3. The maximum Gasteiger partial charge on any atom is 0.336 e. The number of carboxylic acid groups (broad SMARTS) is 1. The lowest BCUT2D eigenvalue weighted by molar-refractivity contribution is 0.0696.